The first-order valence-electron chi connectivity index (χ1n) is 6.59. The summed E-state index contributed by atoms with van der Waals surface area (Å²) < 4.78 is 39.6. The summed E-state index contributed by atoms with van der Waals surface area (Å²) in [6, 6.07) is 10.2. The Hall–Kier alpha value is -2.41. The number of benzene rings is 2. The molecule has 2 aromatic carbocycles. The third-order valence-corrected chi connectivity index (χ3v) is 4.53. The number of hydrogen-bond donors (Lipinski definition) is 2. The SMILES string of the molecule is O=C1Cc2cc(NS(=O)(=O)Cc3ccc(F)cc3)ccc2N1. The Balaban J connectivity index is 1.76. The minimum atomic E-state index is -3.61. The highest BCUT2D eigenvalue weighted by molar-refractivity contribution is 7.91. The lowest BCUT2D eigenvalue weighted by atomic mass is 10.1. The van der Waals surface area contributed by atoms with Crippen molar-refractivity contribution in [3.8, 4) is 0 Å². The number of carbonyl (C=O) groups excluding carboxylic acids is 1. The molecule has 0 saturated carbocycles. The van der Waals surface area contributed by atoms with Gasteiger partial charge in [0.25, 0.3) is 0 Å². The maximum Gasteiger partial charge on any atom is 0.236 e. The van der Waals surface area contributed by atoms with E-state index in [9.17, 15) is 17.6 Å². The number of amides is 1. The second-order valence-corrected chi connectivity index (χ2v) is 6.81. The third-order valence-electron chi connectivity index (χ3n) is 3.27. The highest BCUT2D eigenvalue weighted by Crippen LogP contribution is 2.26. The number of carbonyl (C=O) groups is 1. The predicted molar refractivity (Wildman–Crippen MR) is 81.4 cm³/mol. The highest BCUT2D eigenvalue weighted by atomic mass is 32.2. The van der Waals surface area contributed by atoms with Crippen molar-refractivity contribution in [2.45, 2.75) is 12.2 Å². The zero-order chi connectivity index (χ0) is 15.7. The Bertz CT molecular complexity index is 832. The number of rotatable bonds is 4. The van der Waals surface area contributed by atoms with Crippen LogP contribution in [0, 0.1) is 5.82 Å². The van der Waals surface area contributed by atoms with Crippen molar-refractivity contribution < 1.29 is 17.6 Å². The molecule has 0 aliphatic carbocycles. The van der Waals surface area contributed by atoms with Crippen LogP contribution in [-0.2, 0) is 27.0 Å². The van der Waals surface area contributed by atoms with Gasteiger partial charge in [-0.2, -0.15) is 0 Å². The van der Waals surface area contributed by atoms with E-state index in [-0.39, 0.29) is 18.1 Å². The Morgan fingerprint density at radius 1 is 1.14 bits per heavy atom. The summed E-state index contributed by atoms with van der Waals surface area (Å²) in [6.07, 6.45) is 0.239. The molecule has 0 saturated heterocycles. The molecule has 0 spiro atoms. The van der Waals surface area contributed by atoms with Gasteiger partial charge in [-0.1, -0.05) is 12.1 Å². The number of hydrogen-bond acceptors (Lipinski definition) is 3. The van der Waals surface area contributed by atoms with Crippen LogP contribution in [0.15, 0.2) is 42.5 Å². The molecule has 1 heterocycles. The van der Waals surface area contributed by atoms with E-state index in [1.165, 1.54) is 24.3 Å². The molecule has 0 radical (unpaired) electrons. The van der Waals surface area contributed by atoms with Crippen LogP contribution in [0.3, 0.4) is 0 Å². The summed E-state index contributed by atoms with van der Waals surface area (Å²) in [5.41, 5.74) is 2.35. The van der Waals surface area contributed by atoms with Crippen LogP contribution in [0.4, 0.5) is 15.8 Å². The van der Waals surface area contributed by atoms with Gasteiger partial charge in [-0.3, -0.25) is 9.52 Å². The predicted octanol–water partition coefficient (Wildman–Crippen LogP) is 2.26. The Morgan fingerprint density at radius 3 is 2.59 bits per heavy atom. The van der Waals surface area contributed by atoms with E-state index in [2.05, 4.69) is 10.0 Å². The van der Waals surface area contributed by atoms with E-state index in [4.69, 9.17) is 0 Å². The van der Waals surface area contributed by atoms with Crippen LogP contribution in [0.25, 0.3) is 0 Å². The molecule has 0 atom stereocenters. The Morgan fingerprint density at radius 2 is 1.86 bits per heavy atom. The van der Waals surface area contributed by atoms with Gasteiger partial charge in [0, 0.05) is 11.4 Å². The van der Waals surface area contributed by atoms with Crippen LogP contribution in [-0.4, -0.2) is 14.3 Å². The van der Waals surface area contributed by atoms with Crippen LogP contribution in [0.5, 0.6) is 0 Å². The largest absolute Gasteiger partial charge is 0.326 e. The summed E-state index contributed by atoms with van der Waals surface area (Å²) >= 11 is 0. The van der Waals surface area contributed by atoms with Crippen LogP contribution in [0.1, 0.15) is 11.1 Å². The van der Waals surface area contributed by atoms with E-state index in [1.807, 2.05) is 0 Å². The maximum atomic E-state index is 12.8. The summed E-state index contributed by atoms with van der Waals surface area (Å²) in [5, 5.41) is 2.68. The van der Waals surface area contributed by atoms with Crippen LogP contribution < -0.4 is 10.0 Å². The third kappa shape index (κ3) is 3.25. The fraction of sp³-hybridized carbons (Fsp3) is 0.133. The molecule has 7 heteroatoms. The molecule has 2 N–H and O–H groups in total. The molecule has 2 aromatic rings. The van der Waals surface area contributed by atoms with E-state index in [0.29, 0.717) is 16.9 Å². The fourth-order valence-corrected chi connectivity index (χ4v) is 3.50. The molecule has 0 unspecified atom stereocenters. The van der Waals surface area contributed by atoms with Crippen molar-refractivity contribution in [3.63, 3.8) is 0 Å². The average Bonchev–Trinajstić information content (AvgIpc) is 2.80. The maximum absolute atomic E-state index is 12.8. The van der Waals surface area contributed by atoms with E-state index < -0.39 is 15.8 Å². The second-order valence-electron chi connectivity index (χ2n) is 5.08. The van der Waals surface area contributed by atoms with Gasteiger partial charge in [0.05, 0.1) is 12.2 Å². The van der Waals surface area contributed by atoms with Crippen molar-refractivity contribution >= 4 is 27.3 Å². The van der Waals surface area contributed by atoms with Gasteiger partial charge in [0.1, 0.15) is 5.82 Å². The number of fused-ring (bicyclic) bond motifs is 1. The quantitative estimate of drug-likeness (QED) is 0.907. The van der Waals surface area contributed by atoms with Crippen molar-refractivity contribution in [2.24, 2.45) is 0 Å². The minimum Gasteiger partial charge on any atom is -0.326 e. The van der Waals surface area contributed by atoms with Gasteiger partial charge in [-0.25, -0.2) is 12.8 Å². The molecule has 1 aliphatic heterocycles. The molecule has 5 nitrogen and oxygen atoms in total. The second kappa shape index (κ2) is 5.42. The summed E-state index contributed by atoms with van der Waals surface area (Å²) in [7, 11) is -3.61. The molecule has 22 heavy (non-hydrogen) atoms. The van der Waals surface area contributed by atoms with Gasteiger partial charge >= 0.3 is 0 Å². The first-order valence-corrected chi connectivity index (χ1v) is 8.24. The molecule has 0 fully saturated rings. The number of sulfonamides is 1. The van der Waals surface area contributed by atoms with Crippen LogP contribution in [0.2, 0.25) is 0 Å². The number of anilines is 2. The zero-order valence-electron chi connectivity index (χ0n) is 11.5. The molecule has 0 aromatic heterocycles. The topological polar surface area (TPSA) is 75.3 Å². The molecular formula is C15H13FN2O3S. The van der Waals surface area contributed by atoms with Crippen molar-refractivity contribution in [1.82, 2.24) is 0 Å². The van der Waals surface area contributed by atoms with E-state index in [0.717, 1.165) is 5.56 Å². The summed E-state index contributed by atoms with van der Waals surface area (Å²) in [5.74, 6) is -0.770. The van der Waals surface area contributed by atoms with Crippen molar-refractivity contribution in [3.05, 3.63) is 59.4 Å². The average molecular weight is 320 g/mol. The molecule has 1 aliphatic rings. The summed E-state index contributed by atoms with van der Waals surface area (Å²) in [6.45, 7) is 0. The first-order chi connectivity index (χ1) is 10.4. The van der Waals surface area contributed by atoms with Gasteiger partial charge in [0.15, 0.2) is 0 Å². The van der Waals surface area contributed by atoms with Gasteiger partial charge in [0.2, 0.25) is 15.9 Å². The fourth-order valence-electron chi connectivity index (χ4n) is 2.31. The minimum absolute atomic E-state index is 0.110. The normalized spacial score (nSPS) is 13.6. The lowest BCUT2D eigenvalue weighted by Gasteiger charge is -2.09. The smallest absolute Gasteiger partial charge is 0.236 e. The molecular weight excluding hydrogens is 307 g/mol. The van der Waals surface area contributed by atoms with Gasteiger partial charge in [-0.05, 0) is 41.5 Å². The standard InChI is InChI=1S/C15H13FN2O3S/c16-12-3-1-10(2-4-12)9-22(20,21)18-13-5-6-14-11(7-13)8-15(19)17-14/h1-7,18H,8-9H2,(H,17,19). The van der Waals surface area contributed by atoms with Gasteiger partial charge < -0.3 is 5.32 Å². The molecule has 0 bridgehead atoms. The lowest BCUT2D eigenvalue weighted by molar-refractivity contribution is -0.115. The van der Waals surface area contributed by atoms with E-state index >= 15 is 0 Å². The van der Waals surface area contributed by atoms with Crippen LogP contribution >= 0.6 is 0 Å². The van der Waals surface area contributed by atoms with Crippen molar-refractivity contribution in [1.29, 1.82) is 0 Å². The summed E-state index contributed by atoms with van der Waals surface area (Å²) in [4.78, 5) is 11.3. The molecule has 3 rings (SSSR count). The highest BCUT2D eigenvalue weighted by Gasteiger charge is 2.19. The monoisotopic (exact) mass is 320 g/mol. The Labute approximate surface area is 127 Å². The van der Waals surface area contributed by atoms with E-state index in [1.54, 1.807) is 18.2 Å². The number of nitrogens with one attached hydrogen (secondary N) is 2. The number of halogens is 1. The van der Waals surface area contributed by atoms with Crippen molar-refractivity contribution in [2.75, 3.05) is 10.0 Å². The molecule has 1 amide bonds. The Kier molecular flexibility index (Phi) is 3.58. The first kappa shape index (κ1) is 14.5. The molecule has 114 valence electrons. The zero-order valence-corrected chi connectivity index (χ0v) is 12.3. The lowest BCUT2D eigenvalue weighted by Crippen LogP contribution is -2.15. The van der Waals surface area contributed by atoms with Gasteiger partial charge in [-0.15, -0.1) is 0 Å².